The van der Waals surface area contributed by atoms with Crippen LogP contribution in [0.4, 0.5) is 0 Å². The first-order chi connectivity index (χ1) is 13.0. The molecule has 2 aromatic carbocycles. The summed E-state index contributed by atoms with van der Waals surface area (Å²) in [5, 5.41) is 16.2. The van der Waals surface area contributed by atoms with Crippen LogP contribution in [0.3, 0.4) is 0 Å². The molecule has 1 heterocycles. The van der Waals surface area contributed by atoms with Gasteiger partial charge in [0, 0.05) is 12.7 Å². The third-order valence-corrected chi connectivity index (χ3v) is 4.15. The van der Waals surface area contributed by atoms with Gasteiger partial charge in [-0.05, 0) is 36.2 Å². The number of rotatable bonds is 6. The van der Waals surface area contributed by atoms with Gasteiger partial charge in [-0.2, -0.15) is 5.10 Å². The average molecular weight is 365 g/mol. The van der Waals surface area contributed by atoms with E-state index in [0.29, 0.717) is 11.1 Å². The minimum atomic E-state index is -1.08. The van der Waals surface area contributed by atoms with E-state index in [1.807, 2.05) is 31.2 Å². The van der Waals surface area contributed by atoms with Crippen molar-refractivity contribution >= 4 is 11.9 Å². The second-order valence-corrected chi connectivity index (χ2v) is 5.98. The number of aryl methyl sites for hydroxylation is 1. The van der Waals surface area contributed by atoms with Crippen LogP contribution in [0.1, 0.15) is 31.8 Å². The van der Waals surface area contributed by atoms with Crippen LogP contribution >= 0.6 is 0 Å². The second-order valence-electron chi connectivity index (χ2n) is 5.98. The number of carboxylic acids is 1. The summed E-state index contributed by atoms with van der Waals surface area (Å²) in [7, 11) is 1.41. The maximum atomic E-state index is 12.4. The van der Waals surface area contributed by atoms with Crippen LogP contribution in [0.2, 0.25) is 0 Å². The van der Waals surface area contributed by atoms with Crippen LogP contribution in [-0.4, -0.2) is 33.9 Å². The number of carbonyl (C=O) groups excluding carboxylic acids is 1. The number of carbonyl (C=O) groups is 2. The Morgan fingerprint density at radius 2 is 2.00 bits per heavy atom. The summed E-state index contributed by atoms with van der Waals surface area (Å²) in [6, 6.07) is 12.5. The molecule has 1 amide bonds. The van der Waals surface area contributed by atoms with Crippen molar-refractivity contribution in [1.82, 2.24) is 15.1 Å². The molecule has 138 valence electrons. The average Bonchev–Trinajstić information content (AvgIpc) is 3.16. The molecule has 1 aromatic heterocycles. The summed E-state index contributed by atoms with van der Waals surface area (Å²) >= 11 is 0. The zero-order chi connectivity index (χ0) is 19.4. The van der Waals surface area contributed by atoms with Gasteiger partial charge < -0.3 is 15.2 Å². The molecule has 0 saturated heterocycles. The first-order valence-electron chi connectivity index (χ1n) is 8.28. The minimum absolute atomic E-state index is 0.0524. The lowest BCUT2D eigenvalue weighted by molar-refractivity contribution is 0.0693. The van der Waals surface area contributed by atoms with E-state index in [1.54, 1.807) is 23.0 Å². The highest BCUT2D eigenvalue weighted by molar-refractivity contribution is 5.94. The fourth-order valence-electron chi connectivity index (χ4n) is 2.71. The maximum Gasteiger partial charge on any atom is 0.339 e. The standard InChI is InChI=1S/C20H19N3O4/c1-13-5-3-4-6-17(13)23-12-15(11-22-23)19(24)21-10-14-7-8-18(27-2)16(9-14)20(25)26/h3-9,11-12H,10H2,1-2H3,(H,21,24)(H,25,26). The molecule has 0 unspecified atom stereocenters. The molecule has 27 heavy (non-hydrogen) atoms. The van der Waals surface area contributed by atoms with Crippen LogP contribution in [0.25, 0.3) is 5.69 Å². The van der Waals surface area contributed by atoms with E-state index >= 15 is 0 Å². The summed E-state index contributed by atoms with van der Waals surface area (Å²) in [6.45, 7) is 2.17. The summed E-state index contributed by atoms with van der Waals surface area (Å²) in [6.07, 6.45) is 3.16. The molecule has 0 aliphatic rings. The third-order valence-electron chi connectivity index (χ3n) is 4.15. The minimum Gasteiger partial charge on any atom is -0.496 e. The fourth-order valence-corrected chi connectivity index (χ4v) is 2.71. The van der Waals surface area contributed by atoms with Gasteiger partial charge in [0.05, 0.1) is 24.6 Å². The van der Waals surface area contributed by atoms with E-state index in [-0.39, 0.29) is 23.8 Å². The van der Waals surface area contributed by atoms with Crippen molar-refractivity contribution in [1.29, 1.82) is 0 Å². The van der Waals surface area contributed by atoms with Gasteiger partial charge in [-0.3, -0.25) is 4.79 Å². The van der Waals surface area contributed by atoms with Crippen LogP contribution in [-0.2, 0) is 6.54 Å². The molecular formula is C20H19N3O4. The van der Waals surface area contributed by atoms with Gasteiger partial charge in [0.1, 0.15) is 11.3 Å². The number of hydrogen-bond acceptors (Lipinski definition) is 4. The summed E-state index contributed by atoms with van der Waals surface area (Å²) < 4.78 is 6.68. The van der Waals surface area contributed by atoms with Crippen LogP contribution < -0.4 is 10.1 Å². The molecule has 2 N–H and O–H groups in total. The highest BCUT2D eigenvalue weighted by Gasteiger charge is 2.13. The van der Waals surface area contributed by atoms with E-state index in [2.05, 4.69) is 10.4 Å². The molecule has 0 atom stereocenters. The van der Waals surface area contributed by atoms with Crippen molar-refractivity contribution in [2.45, 2.75) is 13.5 Å². The summed E-state index contributed by atoms with van der Waals surface area (Å²) in [5.74, 6) is -1.10. The van der Waals surface area contributed by atoms with Gasteiger partial charge in [-0.25, -0.2) is 9.48 Å². The Kier molecular flexibility index (Phi) is 5.21. The van der Waals surface area contributed by atoms with Gasteiger partial charge in [0.15, 0.2) is 0 Å². The molecular weight excluding hydrogens is 346 g/mol. The summed E-state index contributed by atoms with van der Waals surface area (Å²) in [4.78, 5) is 23.7. The van der Waals surface area contributed by atoms with Gasteiger partial charge in [0.2, 0.25) is 0 Å². The zero-order valence-electron chi connectivity index (χ0n) is 15.0. The second kappa shape index (κ2) is 7.74. The molecule has 0 aliphatic heterocycles. The van der Waals surface area contributed by atoms with E-state index in [9.17, 15) is 14.7 Å². The Morgan fingerprint density at radius 1 is 1.22 bits per heavy atom. The van der Waals surface area contributed by atoms with Crippen molar-refractivity contribution in [3.63, 3.8) is 0 Å². The molecule has 7 heteroatoms. The SMILES string of the molecule is COc1ccc(CNC(=O)c2cnn(-c3ccccc3C)c2)cc1C(=O)O. The van der Waals surface area contributed by atoms with Gasteiger partial charge in [-0.15, -0.1) is 0 Å². The summed E-state index contributed by atoms with van der Waals surface area (Å²) in [5.41, 5.74) is 3.08. The lowest BCUT2D eigenvalue weighted by Crippen LogP contribution is -2.22. The number of aromatic carboxylic acids is 1. The largest absolute Gasteiger partial charge is 0.496 e. The first-order valence-corrected chi connectivity index (χ1v) is 8.28. The molecule has 0 radical (unpaired) electrons. The lowest BCUT2D eigenvalue weighted by atomic mass is 10.1. The van der Waals surface area contributed by atoms with E-state index in [1.165, 1.54) is 19.4 Å². The molecule has 0 spiro atoms. The van der Waals surface area contributed by atoms with Crippen molar-refractivity contribution in [3.8, 4) is 11.4 Å². The van der Waals surface area contributed by atoms with Crippen molar-refractivity contribution < 1.29 is 19.4 Å². The quantitative estimate of drug-likeness (QED) is 0.701. The van der Waals surface area contributed by atoms with E-state index in [0.717, 1.165) is 11.3 Å². The smallest absolute Gasteiger partial charge is 0.339 e. The maximum absolute atomic E-state index is 12.4. The molecule has 0 saturated carbocycles. The number of carboxylic acid groups (broad SMARTS) is 1. The number of hydrogen-bond donors (Lipinski definition) is 2. The molecule has 7 nitrogen and oxygen atoms in total. The zero-order valence-corrected chi connectivity index (χ0v) is 15.0. The van der Waals surface area contributed by atoms with E-state index < -0.39 is 5.97 Å². The van der Waals surface area contributed by atoms with Crippen LogP contribution in [0.5, 0.6) is 5.75 Å². The molecule has 0 bridgehead atoms. The van der Waals surface area contributed by atoms with Gasteiger partial charge >= 0.3 is 5.97 Å². The Balaban J connectivity index is 1.71. The first kappa shape index (κ1) is 18.2. The molecule has 3 rings (SSSR count). The Morgan fingerprint density at radius 3 is 2.70 bits per heavy atom. The molecule has 3 aromatic rings. The number of nitrogens with one attached hydrogen (secondary N) is 1. The molecule has 0 aliphatic carbocycles. The van der Waals surface area contributed by atoms with Crippen molar-refractivity contribution in [2.75, 3.05) is 7.11 Å². The van der Waals surface area contributed by atoms with Crippen molar-refractivity contribution in [3.05, 3.63) is 77.1 Å². The Hall–Kier alpha value is -3.61. The number of methoxy groups -OCH3 is 1. The van der Waals surface area contributed by atoms with Gasteiger partial charge in [0.25, 0.3) is 5.91 Å². The lowest BCUT2D eigenvalue weighted by Gasteiger charge is -2.08. The normalized spacial score (nSPS) is 10.4. The fraction of sp³-hybridized carbons (Fsp3) is 0.150. The number of benzene rings is 2. The highest BCUT2D eigenvalue weighted by atomic mass is 16.5. The Bertz CT molecular complexity index is 994. The van der Waals surface area contributed by atoms with Crippen LogP contribution in [0, 0.1) is 6.92 Å². The predicted octanol–water partition coefficient (Wildman–Crippen LogP) is 2.82. The van der Waals surface area contributed by atoms with Gasteiger partial charge in [-0.1, -0.05) is 24.3 Å². The number of aromatic nitrogens is 2. The number of ether oxygens (including phenoxy) is 1. The topological polar surface area (TPSA) is 93.5 Å². The van der Waals surface area contributed by atoms with E-state index in [4.69, 9.17) is 4.74 Å². The Labute approximate surface area is 156 Å². The molecule has 0 fully saturated rings. The van der Waals surface area contributed by atoms with Crippen LogP contribution in [0.15, 0.2) is 54.9 Å². The number of nitrogens with zero attached hydrogens (tertiary/aromatic N) is 2. The van der Waals surface area contributed by atoms with Crippen molar-refractivity contribution in [2.24, 2.45) is 0 Å². The third kappa shape index (κ3) is 3.98. The number of amides is 1. The predicted molar refractivity (Wildman–Crippen MR) is 99.4 cm³/mol. The number of para-hydroxylation sites is 1. The monoisotopic (exact) mass is 365 g/mol. The highest BCUT2D eigenvalue weighted by Crippen LogP contribution is 2.20.